The summed E-state index contributed by atoms with van der Waals surface area (Å²) in [5.74, 6) is 0. The molecule has 0 spiro atoms. The Kier molecular flexibility index (Phi) is 7.02. The van der Waals surface area contributed by atoms with Gasteiger partial charge in [0.25, 0.3) is 0 Å². The number of allylic oxidation sites excluding steroid dienone is 1. The Morgan fingerprint density at radius 3 is 2.76 bits per heavy atom. The van der Waals surface area contributed by atoms with Gasteiger partial charge in [0.05, 0.1) is 23.7 Å². The number of thioether (sulfide) groups is 1. The molecule has 0 saturated heterocycles. The summed E-state index contributed by atoms with van der Waals surface area (Å²) >= 11 is 2.44. The van der Waals surface area contributed by atoms with Gasteiger partial charge in [0.2, 0.25) is 5.50 Å². The van der Waals surface area contributed by atoms with E-state index in [0.29, 0.717) is 0 Å². The van der Waals surface area contributed by atoms with E-state index in [1.165, 1.54) is 11.8 Å². The Morgan fingerprint density at radius 2 is 2.24 bits per heavy atom. The smallest absolute Gasteiger partial charge is 0.384 e. The monoisotopic (exact) mass is 332 g/mol. The lowest BCUT2D eigenvalue weighted by Crippen LogP contribution is -2.38. The van der Waals surface area contributed by atoms with E-state index in [0.717, 1.165) is 24.1 Å². The van der Waals surface area contributed by atoms with E-state index in [2.05, 4.69) is 35.8 Å². The standard InChI is InChI=1S/C13H24N4O2S2/c1-7-9(2)19-12(18)21-16-17-8-10(13(3,4)5)14-15-11(17)20-6/h8-9,11,16H,7H2,1-6H3. The SMILES string of the molecule is CCC(C)OC(=O)SNN1C=C(C(C)(C)C)N=NC1SC. The molecular formula is C13H24N4O2S2. The fourth-order valence-corrected chi connectivity index (χ4v) is 2.42. The fraction of sp³-hybridized carbons (Fsp3) is 0.769. The molecule has 0 bridgehead atoms. The van der Waals surface area contributed by atoms with Crippen LogP contribution in [0.4, 0.5) is 4.79 Å². The predicted octanol–water partition coefficient (Wildman–Crippen LogP) is 4.38. The van der Waals surface area contributed by atoms with E-state index >= 15 is 0 Å². The first-order valence-electron chi connectivity index (χ1n) is 6.85. The van der Waals surface area contributed by atoms with E-state index in [1.807, 2.05) is 26.3 Å². The Morgan fingerprint density at radius 1 is 1.57 bits per heavy atom. The summed E-state index contributed by atoms with van der Waals surface area (Å²) in [7, 11) is 0. The first kappa shape index (κ1) is 18.3. The van der Waals surface area contributed by atoms with Crippen molar-refractivity contribution < 1.29 is 9.53 Å². The molecule has 1 aliphatic rings. The third-order valence-electron chi connectivity index (χ3n) is 2.85. The van der Waals surface area contributed by atoms with Gasteiger partial charge in [0.15, 0.2) is 0 Å². The number of carbonyl (C=O) groups excluding carboxylic acids is 1. The maximum Gasteiger partial charge on any atom is 0.384 e. The number of ether oxygens (including phenoxy) is 1. The average molecular weight is 332 g/mol. The summed E-state index contributed by atoms with van der Waals surface area (Å²) in [5, 5.41) is 9.93. The number of hydrazine groups is 1. The minimum atomic E-state index is -0.350. The van der Waals surface area contributed by atoms with Crippen LogP contribution in [0.15, 0.2) is 22.1 Å². The van der Waals surface area contributed by atoms with Crippen molar-refractivity contribution in [2.45, 2.75) is 52.6 Å². The molecule has 0 radical (unpaired) electrons. The third-order valence-corrected chi connectivity index (χ3v) is 4.16. The number of azo groups is 1. The summed E-state index contributed by atoms with van der Waals surface area (Å²) in [6.45, 7) is 10.1. The lowest BCUT2D eigenvalue weighted by molar-refractivity contribution is 0.130. The number of nitrogens with zero attached hydrogens (tertiary/aromatic N) is 3. The van der Waals surface area contributed by atoms with Crippen molar-refractivity contribution in [3.05, 3.63) is 11.9 Å². The third kappa shape index (κ3) is 5.88. The molecule has 2 unspecified atom stereocenters. The lowest BCUT2D eigenvalue weighted by atomic mass is 9.93. The van der Waals surface area contributed by atoms with E-state index in [4.69, 9.17) is 4.74 Å². The largest absolute Gasteiger partial charge is 0.454 e. The van der Waals surface area contributed by atoms with Gasteiger partial charge in [0.1, 0.15) is 0 Å². The molecule has 8 heteroatoms. The van der Waals surface area contributed by atoms with Crippen LogP contribution in [-0.4, -0.2) is 28.2 Å². The van der Waals surface area contributed by atoms with Crippen molar-refractivity contribution in [3.63, 3.8) is 0 Å². The molecule has 0 amide bonds. The molecule has 2 atom stereocenters. The molecule has 0 aromatic rings. The molecule has 21 heavy (non-hydrogen) atoms. The highest BCUT2D eigenvalue weighted by molar-refractivity contribution is 8.11. The van der Waals surface area contributed by atoms with Gasteiger partial charge < -0.3 is 4.74 Å². The van der Waals surface area contributed by atoms with Gasteiger partial charge in [-0.1, -0.05) is 27.7 Å². The zero-order valence-electron chi connectivity index (χ0n) is 13.4. The van der Waals surface area contributed by atoms with Crippen LogP contribution in [0.3, 0.4) is 0 Å². The molecule has 1 aliphatic heterocycles. The maximum atomic E-state index is 11.7. The van der Waals surface area contributed by atoms with Gasteiger partial charge >= 0.3 is 5.30 Å². The van der Waals surface area contributed by atoms with E-state index in [9.17, 15) is 4.79 Å². The number of carbonyl (C=O) groups is 1. The number of hydrogen-bond donors (Lipinski definition) is 1. The second-order valence-electron chi connectivity index (χ2n) is 5.73. The quantitative estimate of drug-likeness (QED) is 0.595. The Bertz CT molecular complexity index is 421. The molecule has 1 N–H and O–H groups in total. The Balaban J connectivity index is 2.64. The van der Waals surface area contributed by atoms with Crippen LogP contribution < -0.4 is 4.83 Å². The van der Waals surface area contributed by atoms with Gasteiger partial charge in [-0.15, -0.1) is 11.8 Å². The van der Waals surface area contributed by atoms with Crippen LogP contribution in [0.1, 0.15) is 41.0 Å². The van der Waals surface area contributed by atoms with Gasteiger partial charge in [0, 0.05) is 11.6 Å². The second-order valence-corrected chi connectivity index (χ2v) is 7.34. The second kappa shape index (κ2) is 8.05. The normalized spacial score (nSPS) is 20.2. The van der Waals surface area contributed by atoms with Gasteiger partial charge in [-0.05, 0) is 19.6 Å². The number of hydrogen-bond acceptors (Lipinski definition) is 8. The van der Waals surface area contributed by atoms with Crippen LogP contribution in [0.5, 0.6) is 0 Å². The molecule has 6 nitrogen and oxygen atoms in total. The molecule has 120 valence electrons. The molecule has 0 aliphatic carbocycles. The zero-order valence-corrected chi connectivity index (χ0v) is 15.0. The van der Waals surface area contributed by atoms with Crippen LogP contribution >= 0.6 is 23.7 Å². The molecule has 1 rings (SSSR count). The van der Waals surface area contributed by atoms with Crippen molar-refractivity contribution in [2.75, 3.05) is 6.26 Å². The highest BCUT2D eigenvalue weighted by atomic mass is 32.2. The van der Waals surface area contributed by atoms with Crippen LogP contribution in [0.25, 0.3) is 0 Å². The summed E-state index contributed by atoms with van der Waals surface area (Å²) in [5.41, 5.74) is 0.561. The number of rotatable bonds is 5. The van der Waals surface area contributed by atoms with Crippen molar-refractivity contribution in [1.29, 1.82) is 0 Å². The molecule has 0 fully saturated rings. The summed E-state index contributed by atoms with van der Waals surface area (Å²) in [6, 6.07) is 0. The Hall–Kier alpha value is -0.730. The first-order chi connectivity index (χ1) is 9.77. The molecule has 0 aromatic heterocycles. The van der Waals surface area contributed by atoms with Gasteiger partial charge in [-0.25, -0.2) is 4.79 Å². The lowest BCUT2D eigenvalue weighted by Gasteiger charge is -2.31. The zero-order chi connectivity index (χ0) is 16.0. The summed E-state index contributed by atoms with van der Waals surface area (Å²) < 4.78 is 5.21. The van der Waals surface area contributed by atoms with E-state index in [-0.39, 0.29) is 22.3 Å². The maximum absolute atomic E-state index is 11.7. The highest BCUT2D eigenvalue weighted by Gasteiger charge is 2.26. The van der Waals surface area contributed by atoms with E-state index in [1.54, 1.807) is 5.01 Å². The predicted molar refractivity (Wildman–Crippen MR) is 88.5 cm³/mol. The highest BCUT2D eigenvalue weighted by Crippen LogP contribution is 2.32. The summed E-state index contributed by atoms with van der Waals surface area (Å²) in [4.78, 5) is 14.7. The van der Waals surface area contributed by atoms with Gasteiger partial charge in [-0.3, -0.25) is 5.01 Å². The van der Waals surface area contributed by atoms with Crippen molar-refractivity contribution in [3.8, 4) is 0 Å². The molecule has 1 heterocycles. The van der Waals surface area contributed by atoms with Crippen molar-refractivity contribution in [2.24, 2.45) is 15.6 Å². The van der Waals surface area contributed by atoms with Crippen LogP contribution in [-0.2, 0) is 4.74 Å². The van der Waals surface area contributed by atoms with Gasteiger partial charge in [-0.2, -0.15) is 15.1 Å². The topological polar surface area (TPSA) is 66.3 Å². The molecular weight excluding hydrogens is 308 g/mol. The minimum Gasteiger partial charge on any atom is -0.454 e. The van der Waals surface area contributed by atoms with Crippen LogP contribution in [0.2, 0.25) is 0 Å². The van der Waals surface area contributed by atoms with Crippen molar-refractivity contribution >= 4 is 29.0 Å². The number of nitrogens with one attached hydrogen (secondary N) is 1. The Labute approximate surface area is 135 Å². The fourth-order valence-electron chi connectivity index (χ4n) is 1.33. The van der Waals surface area contributed by atoms with Crippen LogP contribution in [0, 0.1) is 5.41 Å². The summed E-state index contributed by atoms with van der Waals surface area (Å²) in [6.07, 6.45) is 4.55. The minimum absolute atomic E-state index is 0.0788. The first-order valence-corrected chi connectivity index (χ1v) is 8.95. The van der Waals surface area contributed by atoms with Crippen molar-refractivity contribution in [1.82, 2.24) is 9.84 Å². The average Bonchev–Trinajstić information content (AvgIpc) is 2.43. The van der Waals surface area contributed by atoms with E-state index < -0.39 is 0 Å². The molecule has 0 aromatic carbocycles. The molecule has 0 saturated carbocycles.